The molecule has 0 saturated heterocycles. The summed E-state index contributed by atoms with van der Waals surface area (Å²) in [5.74, 6) is 0.597. The molecule has 1 N–H and O–H groups in total. The summed E-state index contributed by atoms with van der Waals surface area (Å²) in [6, 6.07) is 22.0. The summed E-state index contributed by atoms with van der Waals surface area (Å²) in [5.41, 5.74) is 5.56. The van der Waals surface area contributed by atoms with E-state index >= 15 is 0 Å². The third-order valence-corrected chi connectivity index (χ3v) is 7.15. The predicted octanol–water partition coefficient (Wildman–Crippen LogP) is 5.57. The first kappa shape index (κ1) is 25.6. The van der Waals surface area contributed by atoms with Crippen LogP contribution in [-0.4, -0.2) is 34.7 Å². The predicted molar refractivity (Wildman–Crippen MR) is 149 cm³/mol. The van der Waals surface area contributed by atoms with E-state index in [2.05, 4.69) is 39.7 Å². The number of nitrogens with one attached hydrogen (secondary N) is 1. The second kappa shape index (κ2) is 12.0. The van der Waals surface area contributed by atoms with Crippen LogP contribution in [0.4, 0.5) is 0 Å². The van der Waals surface area contributed by atoms with Gasteiger partial charge in [0.1, 0.15) is 5.15 Å². The minimum absolute atomic E-state index is 0.0912. The molecule has 5 aromatic rings. The molecule has 3 heterocycles. The van der Waals surface area contributed by atoms with Gasteiger partial charge in [-0.15, -0.1) is 5.10 Å². The van der Waals surface area contributed by atoms with E-state index in [9.17, 15) is 4.79 Å². The SMILES string of the molecule is CCCCCc1c(Cl)n(CCc2ccccc2)c(=O)n1Cc1ccc(-c2ccccc2-c2nnn[nH]2)cn1. The van der Waals surface area contributed by atoms with Gasteiger partial charge < -0.3 is 0 Å². The molecule has 0 spiro atoms. The van der Waals surface area contributed by atoms with Crippen LogP contribution < -0.4 is 5.69 Å². The van der Waals surface area contributed by atoms with Gasteiger partial charge in [-0.05, 0) is 46.9 Å². The molecule has 9 heteroatoms. The van der Waals surface area contributed by atoms with Crippen molar-refractivity contribution < 1.29 is 0 Å². The highest BCUT2D eigenvalue weighted by Crippen LogP contribution is 2.29. The third kappa shape index (κ3) is 5.60. The Morgan fingerprint density at radius 3 is 2.39 bits per heavy atom. The van der Waals surface area contributed by atoms with Crippen molar-refractivity contribution in [3.63, 3.8) is 0 Å². The molecule has 0 radical (unpaired) electrons. The van der Waals surface area contributed by atoms with Crippen LogP contribution in [0.15, 0.2) is 77.7 Å². The molecule has 2 aromatic carbocycles. The number of aryl methyl sites for hydroxylation is 1. The Kier molecular flexibility index (Phi) is 8.09. The van der Waals surface area contributed by atoms with Gasteiger partial charge in [-0.3, -0.25) is 14.1 Å². The Morgan fingerprint density at radius 2 is 1.68 bits per heavy atom. The lowest BCUT2D eigenvalue weighted by atomic mass is 10.0. The van der Waals surface area contributed by atoms with Gasteiger partial charge in [-0.2, -0.15) is 0 Å². The number of unbranched alkanes of at least 4 members (excludes halogenated alkanes) is 2. The van der Waals surface area contributed by atoms with E-state index in [1.165, 1.54) is 5.56 Å². The maximum atomic E-state index is 13.5. The number of aromatic amines is 1. The van der Waals surface area contributed by atoms with Gasteiger partial charge in [0.05, 0.1) is 17.9 Å². The number of tetrazole rings is 1. The average Bonchev–Trinajstić information content (AvgIpc) is 3.57. The molecule has 0 bridgehead atoms. The van der Waals surface area contributed by atoms with Crippen molar-refractivity contribution in [2.24, 2.45) is 0 Å². The zero-order chi connectivity index (χ0) is 26.3. The highest BCUT2D eigenvalue weighted by Gasteiger charge is 2.19. The Hall–Kier alpha value is -4.04. The molecule has 0 aliphatic carbocycles. The number of pyridine rings is 1. The molecule has 38 heavy (non-hydrogen) atoms. The summed E-state index contributed by atoms with van der Waals surface area (Å²) in [5, 5.41) is 14.8. The van der Waals surface area contributed by atoms with Gasteiger partial charge in [0.15, 0.2) is 5.82 Å². The van der Waals surface area contributed by atoms with Crippen molar-refractivity contribution in [3.8, 4) is 22.5 Å². The first-order chi connectivity index (χ1) is 18.7. The lowest BCUT2D eigenvalue weighted by molar-refractivity contribution is 0.617. The summed E-state index contributed by atoms with van der Waals surface area (Å²) in [7, 11) is 0. The van der Waals surface area contributed by atoms with Crippen molar-refractivity contribution in [1.82, 2.24) is 34.7 Å². The van der Waals surface area contributed by atoms with E-state index in [1.54, 1.807) is 9.13 Å². The second-order valence-electron chi connectivity index (χ2n) is 9.28. The normalized spacial score (nSPS) is 11.2. The molecule has 0 unspecified atom stereocenters. The molecule has 5 rings (SSSR count). The fourth-order valence-corrected chi connectivity index (χ4v) is 5.04. The van der Waals surface area contributed by atoms with Crippen molar-refractivity contribution in [3.05, 3.63) is 106 Å². The van der Waals surface area contributed by atoms with E-state index in [0.29, 0.717) is 24.1 Å². The molecule has 0 amide bonds. The van der Waals surface area contributed by atoms with Gasteiger partial charge in [-0.25, -0.2) is 9.89 Å². The van der Waals surface area contributed by atoms with Crippen molar-refractivity contribution in [1.29, 1.82) is 0 Å². The van der Waals surface area contributed by atoms with Crippen LogP contribution >= 0.6 is 11.6 Å². The number of nitrogens with zero attached hydrogens (tertiary/aromatic N) is 6. The van der Waals surface area contributed by atoms with E-state index in [4.69, 9.17) is 16.6 Å². The summed E-state index contributed by atoms with van der Waals surface area (Å²) in [6.07, 6.45) is 6.51. The van der Waals surface area contributed by atoms with Gasteiger partial charge >= 0.3 is 5.69 Å². The minimum atomic E-state index is -0.0912. The Labute approximate surface area is 226 Å². The zero-order valence-corrected chi connectivity index (χ0v) is 22.1. The fraction of sp³-hybridized carbons (Fsp3) is 0.276. The van der Waals surface area contributed by atoms with Gasteiger partial charge in [0.25, 0.3) is 0 Å². The van der Waals surface area contributed by atoms with Crippen LogP contribution in [0, 0.1) is 0 Å². The molecule has 0 aliphatic rings. The monoisotopic (exact) mass is 527 g/mol. The molecular weight excluding hydrogens is 498 g/mol. The Bertz CT molecular complexity index is 1520. The number of H-pyrrole nitrogens is 1. The fourth-order valence-electron chi connectivity index (χ4n) is 4.69. The number of hydrogen-bond donors (Lipinski definition) is 1. The van der Waals surface area contributed by atoms with E-state index in [0.717, 1.165) is 60.2 Å². The quantitative estimate of drug-likeness (QED) is 0.227. The van der Waals surface area contributed by atoms with Crippen LogP contribution in [0.2, 0.25) is 5.15 Å². The molecule has 0 fully saturated rings. The Morgan fingerprint density at radius 1 is 0.895 bits per heavy atom. The smallest absolute Gasteiger partial charge is 0.289 e. The maximum absolute atomic E-state index is 13.5. The minimum Gasteiger partial charge on any atom is -0.289 e. The van der Waals surface area contributed by atoms with Crippen LogP contribution in [-0.2, 0) is 25.9 Å². The third-order valence-electron chi connectivity index (χ3n) is 6.73. The summed E-state index contributed by atoms with van der Waals surface area (Å²) in [4.78, 5) is 18.2. The number of rotatable bonds is 11. The lowest BCUT2D eigenvalue weighted by Gasteiger charge is -2.10. The van der Waals surface area contributed by atoms with Crippen LogP contribution in [0.5, 0.6) is 0 Å². The van der Waals surface area contributed by atoms with Gasteiger partial charge in [0.2, 0.25) is 0 Å². The van der Waals surface area contributed by atoms with Crippen molar-refractivity contribution >= 4 is 11.6 Å². The largest absolute Gasteiger partial charge is 0.329 e. The van der Waals surface area contributed by atoms with Crippen molar-refractivity contribution in [2.45, 2.75) is 52.1 Å². The molecule has 194 valence electrons. The summed E-state index contributed by atoms with van der Waals surface area (Å²) >= 11 is 6.82. The zero-order valence-electron chi connectivity index (χ0n) is 21.3. The van der Waals surface area contributed by atoms with Crippen LogP contribution in [0.1, 0.15) is 43.1 Å². The van der Waals surface area contributed by atoms with E-state index in [1.807, 2.05) is 60.8 Å². The van der Waals surface area contributed by atoms with Crippen molar-refractivity contribution in [2.75, 3.05) is 0 Å². The van der Waals surface area contributed by atoms with Crippen LogP contribution in [0.25, 0.3) is 22.5 Å². The number of aromatic nitrogens is 7. The maximum Gasteiger partial charge on any atom is 0.329 e. The van der Waals surface area contributed by atoms with Gasteiger partial charge in [0, 0.05) is 23.9 Å². The topological polar surface area (TPSA) is 94.3 Å². The summed E-state index contributed by atoms with van der Waals surface area (Å²) < 4.78 is 3.49. The standard InChI is InChI=1S/C29H30ClN7O/c1-2-3-5-14-26-27(30)36(18-17-21-10-6-4-7-11-21)29(38)37(26)20-23-16-15-22(19-31-23)24-12-8-9-13-25(24)28-32-34-35-33-28/h4,6-13,15-16,19H,2-3,5,14,17-18,20H2,1H3,(H,32,33,34,35). The average molecular weight is 528 g/mol. The van der Waals surface area contributed by atoms with Crippen LogP contribution in [0.3, 0.4) is 0 Å². The summed E-state index contributed by atoms with van der Waals surface area (Å²) in [6.45, 7) is 3.07. The number of benzene rings is 2. The second-order valence-corrected chi connectivity index (χ2v) is 9.64. The van der Waals surface area contributed by atoms with Gasteiger partial charge in [-0.1, -0.05) is 92.0 Å². The highest BCUT2D eigenvalue weighted by atomic mass is 35.5. The highest BCUT2D eigenvalue weighted by molar-refractivity contribution is 6.30. The molecular formula is C29H30ClN7O. The first-order valence-electron chi connectivity index (χ1n) is 13.0. The molecule has 0 aliphatic heterocycles. The van der Waals surface area contributed by atoms with E-state index in [-0.39, 0.29) is 5.69 Å². The lowest BCUT2D eigenvalue weighted by Crippen LogP contribution is -2.26. The number of halogens is 1. The molecule has 0 atom stereocenters. The first-order valence-corrected chi connectivity index (χ1v) is 13.3. The molecule has 0 saturated carbocycles. The number of imidazole rings is 1. The molecule has 8 nitrogen and oxygen atoms in total. The Balaban J connectivity index is 1.41. The van der Waals surface area contributed by atoms with E-state index < -0.39 is 0 Å². The number of hydrogen-bond acceptors (Lipinski definition) is 5. The molecule has 3 aromatic heterocycles.